The lowest BCUT2D eigenvalue weighted by Crippen LogP contribution is -2.08. The van der Waals surface area contributed by atoms with E-state index in [0.717, 1.165) is 30.9 Å². The molecule has 1 atom stereocenters. The maximum atomic E-state index is 5.64. The van der Waals surface area contributed by atoms with Gasteiger partial charge < -0.3 is 10.5 Å². The Morgan fingerprint density at radius 3 is 2.77 bits per heavy atom. The molecule has 1 aliphatic carbocycles. The fourth-order valence-electron chi connectivity index (χ4n) is 1.12. The van der Waals surface area contributed by atoms with Gasteiger partial charge in [-0.25, -0.2) is 0 Å². The van der Waals surface area contributed by atoms with Gasteiger partial charge in [-0.2, -0.15) is 0 Å². The lowest BCUT2D eigenvalue weighted by Gasteiger charge is -2.16. The predicted octanol–water partition coefficient (Wildman–Crippen LogP) is 2.57. The molecule has 0 aromatic rings. The topological polar surface area (TPSA) is 35.2 Å². The Balaban J connectivity index is 2.30. The van der Waals surface area contributed by atoms with Crippen LogP contribution in [0.5, 0.6) is 0 Å². The van der Waals surface area contributed by atoms with E-state index >= 15 is 0 Å². The molecule has 0 radical (unpaired) electrons. The van der Waals surface area contributed by atoms with Crippen LogP contribution in [0.2, 0.25) is 0 Å². The van der Waals surface area contributed by atoms with Crippen LogP contribution < -0.4 is 5.73 Å². The highest BCUT2D eigenvalue weighted by atomic mass is 16.5. The molecule has 1 rings (SSSR count). The average Bonchev–Trinajstić information content (AvgIpc) is 2.16. The van der Waals surface area contributed by atoms with Crippen molar-refractivity contribution in [3.8, 4) is 0 Å². The van der Waals surface area contributed by atoms with Gasteiger partial charge in [0.05, 0.1) is 12.4 Å². The van der Waals surface area contributed by atoms with Gasteiger partial charge in [-0.3, -0.25) is 0 Å². The number of hydrogen-bond acceptors (Lipinski definition) is 2. The van der Waals surface area contributed by atoms with Gasteiger partial charge >= 0.3 is 0 Å². The third-order valence-corrected chi connectivity index (χ3v) is 2.39. The molecule has 0 saturated heterocycles. The first-order valence-corrected chi connectivity index (χ1v) is 5.00. The second-order valence-electron chi connectivity index (χ2n) is 3.70. The van der Waals surface area contributed by atoms with Gasteiger partial charge in [0.2, 0.25) is 0 Å². The van der Waals surface area contributed by atoms with Gasteiger partial charge in [0.25, 0.3) is 0 Å². The summed E-state index contributed by atoms with van der Waals surface area (Å²) < 4.78 is 5.64. The molecule has 0 spiro atoms. The maximum absolute atomic E-state index is 5.64. The van der Waals surface area contributed by atoms with E-state index in [4.69, 9.17) is 10.5 Å². The van der Waals surface area contributed by atoms with Gasteiger partial charge in [-0.15, -0.1) is 0 Å². The smallest absolute Gasteiger partial charge is 0.0964 e. The molecule has 2 heteroatoms. The second kappa shape index (κ2) is 4.95. The van der Waals surface area contributed by atoms with Crippen LogP contribution in [-0.4, -0.2) is 6.61 Å². The summed E-state index contributed by atoms with van der Waals surface area (Å²) in [6, 6.07) is 0. The SMILES string of the molecule is CCC(C)COC1=CC=C(N)CC1. The lowest BCUT2D eigenvalue weighted by atomic mass is 10.1. The molecule has 0 aliphatic heterocycles. The van der Waals surface area contributed by atoms with Crippen molar-refractivity contribution in [2.24, 2.45) is 11.7 Å². The minimum absolute atomic E-state index is 0.643. The van der Waals surface area contributed by atoms with Crippen molar-refractivity contribution in [3.63, 3.8) is 0 Å². The molecule has 13 heavy (non-hydrogen) atoms. The minimum atomic E-state index is 0.643. The zero-order valence-corrected chi connectivity index (χ0v) is 8.55. The summed E-state index contributed by atoms with van der Waals surface area (Å²) in [6.45, 7) is 5.21. The molecule has 1 aliphatic rings. The summed E-state index contributed by atoms with van der Waals surface area (Å²) in [5, 5.41) is 0. The van der Waals surface area contributed by atoms with Crippen LogP contribution >= 0.6 is 0 Å². The molecule has 0 heterocycles. The largest absolute Gasteiger partial charge is 0.498 e. The van der Waals surface area contributed by atoms with Crippen molar-refractivity contribution in [2.75, 3.05) is 6.61 Å². The highest BCUT2D eigenvalue weighted by molar-refractivity contribution is 5.18. The maximum Gasteiger partial charge on any atom is 0.0964 e. The molecule has 0 aromatic carbocycles. The fraction of sp³-hybridized carbons (Fsp3) is 0.636. The molecule has 0 bridgehead atoms. The molecule has 2 nitrogen and oxygen atoms in total. The Labute approximate surface area is 80.5 Å². The summed E-state index contributed by atoms with van der Waals surface area (Å²) in [5.74, 6) is 1.72. The normalized spacial score (nSPS) is 18.9. The third kappa shape index (κ3) is 3.53. The molecule has 74 valence electrons. The van der Waals surface area contributed by atoms with Crippen molar-refractivity contribution >= 4 is 0 Å². The molecule has 1 unspecified atom stereocenters. The summed E-state index contributed by atoms with van der Waals surface area (Å²) in [7, 11) is 0. The predicted molar refractivity (Wildman–Crippen MR) is 55.0 cm³/mol. The lowest BCUT2D eigenvalue weighted by molar-refractivity contribution is 0.161. The summed E-state index contributed by atoms with van der Waals surface area (Å²) in [6.07, 6.45) is 6.99. The molecular formula is C11H19NO. The molecular weight excluding hydrogens is 162 g/mol. The Bertz CT molecular complexity index is 218. The van der Waals surface area contributed by atoms with Crippen LogP contribution in [0.25, 0.3) is 0 Å². The Morgan fingerprint density at radius 2 is 2.23 bits per heavy atom. The van der Waals surface area contributed by atoms with Crippen molar-refractivity contribution < 1.29 is 4.74 Å². The number of hydrogen-bond donors (Lipinski definition) is 1. The number of ether oxygens (including phenoxy) is 1. The zero-order valence-electron chi connectivity index (χ0n) is 8.55. The average molecular weight is 181 g/mol. The van der Waals surface area contributed by atoms with Crippen molar-refractivity contribution in [3.05, 3.63) is 23.6 Å². The fourth-order valence-corrected chi connectivity index (χ4v) is 1.12. The monoisotopic (exact) mass is 181 g/mol. The summed E-state index contributed by atoms with van der Waals surface area (Å²) in [5.41, 5.74) is 6.59. The van der Waals surface area contributed by atoms with Crippen molar-refractivity contribution in [1.82, 2.24) is 0 Å². The second-order valence-corrected chi connectivity index (χ2v) is 3.70. The van der Waals surface area contributed by atoms with Gasteiger partial charge in [0.15, 0.2) is 0 Å². The van der Waals surface area contributed by atoms with E-state index in [0.29, 0.717) is 5.92 Å². The first-order chi connectivity index (χ1) is 6.22. The van der Waals surface area contributed by atoms with Crippen LogP contribution in [0.3, 0.4) is 0 Å². The van der Waals surface area contributed by atoms with Gasteiger partial charge in [0, 0.05) is 12.1 Å². The van der Waals surface area contributed by atoms with Gasteiger partial charge in [-0.05, 0) is 24.5 Å². The minimum Gasteiger partial charge on any atom is -0.498 e. The molecule has 0 aromatic heterocycles. The summed E-state index contributed by atoms with van der Waals surface area (Å²) in [4.78, 5) is 0. The van der Waals surface area contributed by atoms with Crippen LogP contribution in [0.4, 0.5) is 0 Å². The van der Waals surface area contributed by atoms with E-state index in [-0.39, 0.29) is 0 Å². The molecule has 2 N–H and O–H groups in total. The summed E-state index contributed by atoms with van der Waals surface area (Å²) >= 11 is 0. The third-order valence-electron chi connectivity index (χ3n) is 2.39. The number of rotatable bonds is 4. The molecule has 0 fully saturated rings. The van der Waals surface area contributed by atoms with Gasteiger partial charge in [-0.1, -0.05) is 20.3 Å². The van der Waals surface area contributed by atoms with E-state index in [1.54, 1.807) is 0 Å². The standard InChI is InChI=1S/C11H19NO/c1-3-9(2)8-13-11-6-4-10(12)5-7-11/h4,6,9H,3,5,7-8,12H2,1-2H3. The van der Waals surface area contributed by atoms with Crippen LogP contribution in [-0.2, 0) is 4.74 Å². The Hall–Kier alpha value is -0.920. The van der Waals surface area contributed by atoms with Crippen LogP contribution in [0.1, 0.15) is 33.1 Å². The Kier molecular flexibility index (Phi) is 3.87. The molecule has 0 saturated carbocycles. The highest BCUT2D eigenvalue weighted by Crippen LogP contribution is 2.17. The zero-order chi connectivity index (χ0) is 9.68. The van der Waals surface area contributed by atoms with E-state index in [9.17, 15) is 0 Å². The quantitative estimate of drug-likeness (QED) is 0.723. The first kappa shape index (κ1) is 10.2. The van der Waals surface area contributed by atoms with E-state index in [1.165, 1.54) is 6.42 Å². The van der Waals surface area contributed by atoms with E-state index in [2.05, 4.69) is 13.8 Å². The number of allylic oxidation sites excluding steroid dienone is 4. The van der Waals surface area contributed by atoms with Crippen LogP contribution in [0.15, 0.2) is 23.6 Å². The van der Waals surface area contributed by atoms with Crippen molar-refractivity contribution in [1.29, 1.82) is 0 Å². The number of nitrogens with two attached hydrogens (primary N) is 1. The van der Waals surface area contributed by atoms with Crippen LogP contribution in [0, 0.1) is 5.92 Å². The first-order valence-electron chi connectivity index (χ1n) is 5.00. The molecule has 0 amide bonds. The highest BCUT2D eigenvalue weighted by Gasteiger charge is 2.06. The van der Waals surface area contributed by atoms with E-state index in [1.807, 2.05) is 12.2 Å². The Morgan fingerprint density at radius 1 is 1.46 bits per heavy atom. The van der Waals surface area contributed by atoms with E-state index < -0.39 is 0 Å². The van der Waals surface area contributed by atoms with Crippen molar-refractivity contribution in [2.45, 2.75) is 33.1 Å². The van der Waals surface area contributed by atoms with Gasteiger partial charge in [0.1, 0.15) is 0 Å².